The summed E-state index contributed by atoms with van der Waals surface area (Å²) in [5.74, 6) is 0.0329. The summed E-state index contributed by atoms with van der Waals surface area (Å²) in [6, 6.07) is 4.91. The molecule has 6 nitrogen and oxygen atoms in total. The molecule has 1 aromatic rings. The topological polar surface area (TPSA) is 87.9 Å². The van der Waals surface area contributed by atoms with E-state index in [0.717, 1.165) is 0 Å². The standard InChI is InChI=1S/C8H8N4O2/c1-14-8(13)5-10-7-3-2-6(4-9)11-12-7/h2-3H,5H2,1H3,(H,10,12). The van der Waals surface area contributed by atoms with E-state index < -0.39 is 5.97 Å². The lowest BCUT2D eigenvalue weighted by Crippen LogP contribution is -2.15. The highest BCUT2D eigenvalue weighted by Gasteiger charge is 2.00. The van der Waals surface area contributed by atoms with Crippen molar-refractivity contribution in [3.05, 3.63) is 17.8 Å². The average molecular weight is 192 g/mol. The third-order valence-electron chi connectivity index (χ3n) is 1.42. The normalized spacial score (nSPS) is 8.86. The number of hydrogen-bond acceptors (Lipinski definition) is 6. The quantitative estimate of drug-likeness (QED) is 0.674. The molecule has 0 aliphatic rings. The first-order valence-electron chi connectivity index (χ1n) is 3.81. The summed E-state index contributed by atoms with van der Waals surface area (Å²) >= 11 is 0. The number of methoxy groups -OCH3 is 1. The average Bonchev–Trinajstić information content (AvgIpc) is 2.26. The molecule has 0 radical (unpaired) electrons. The summed E-state index contributed by atoms with van der Waals surface area (Å²) in [6.07, 6.45) is 0. The van der Waals surface area contributed by atoms with Crippen LogP contribution in [-0.4, -0.2) is 29.8 Å². The van der Waals surface area contributed by atoms with Gasteiger partial charge in [0.1, 0.15) is 18.4 Å². The molecule has 6 heteroatoms. The van der Waals surface area contributed by atoms with Crippen molar-refractivity contribution in [1.82, 2.24) is 10.2 Å². The Morgan fingerprint density at radius 2 is 2.43 bits per heavy atom. The fourth-order valence-electron chi connectivity index (χ4n) is 0.721. The number of ether oxygens (including phenoxy) is 1. The molecule has 0 bridgehead atoms. The molecule has 0 amide bonds. The molecule has 72 valence electrons. The molecule has 0 aromatic carbocycles. The maximum Gasteiger partial charge on any atom is 0.325 e. The summed E-state index contributed by atoms with van der Waals surface area (Å²) in [5, 5.41) is 18.4. The Morgan fingerprint density at radius 3 is 2.93 bits per heavy atom. The lowest BCUT2D eigenvalue weighted by Gasteiger charge is -2.01. The van der Waals surface area contributed by atoms with Crippen LogP contribution in [0.15, 0.2) is 12.1 Å². The van der Waals surface area contributed by atoms with E-state index in [1.54, 1.807) is 6.07 Å². The number of anilines is 1. The van der Waals surface area contributed by atoms with E-state index in [-0.39, 0.29) is 12.2 Å². The van der Waals surface area contributed by atoms with E-state index in [2.05, 4.69) is 20.3 Å². The zero-order chi connectivity index (χ0) is 10.4. The largest absolute Gasteiger partial charge is 0.468 e. The van der Waals surface area contributed by atoms with Crippen molar-refractivity contribution in [2.75, 3.05) is 19.0 Å². The first-order chi connectivity index (χ1) is 6.76. The van der Waals surface area contributed by atoms with E-state index in [0.29, 0.717) is 5.82 Å². The van der Waals surface area contributed by atoms with Crippen LogP contribution in [0.2, 0.25) is 0 Å². The maximum atomic E-state index is 10.7. The first-order valence-corrected chi connectivity index (χ1v) is 3.81. The minimum Gasteiger partial charge on any atom is -0.468 e. The number of nitrogens with zero attached hydrogens (tertiary/aromatic N) is 3. The minimum atomic E-state index is -0.392. The molecule has 0 unspecified atom stereocenters. The number of carbonyl (C=O) groups is 1. The SMILES string of the molecule is COC(=O)CNc1ccc(C#N)nn1. The van der Waals surface area contributed by atoms with Gasteiger partial charge in [0.05, 0.1) is 7.11 Å². The van der Waals surface area contributed by atoms with Gasteiger partial charge in [0, 0.05) is 0 Å². The molecule has 1 heterocycles. The van der Waals surface area contributed by atoms with Crippen molar-refractivity contribution in [3.8, 4) is 6.07 Å². The Balaban J connectivity index is 2.53. The summed E-state index contributed by atoms with van der Waals surface area (Å²) in [6.45, 7) is 0.0249. The first kappa shape index (κ1) is 9.92. The van der Waals surface area contributed by atoms with Gasteiger partial charge in [-0.2, -0.15) is 5.26 Å². The van der Waals surface area contributed by atoms with Crippen LogP contribution in [0.4, 0.5) is 5.82 Å². The molecular weight excluding hydrogens is 184 g/mol. The van der Waals surface area contributed by atoms with Crippen LogP contribution in [0, 0.1) is 11.3 Å². The number of nitriles is 1. The van der Waals surface area contributed by atoms with Gasteiger partial charge in [-0.1, -0.05) is 0 Å². The van der Waals surface area contributed by atoms with Crippen molar-refractivity contribution in [2.45, 2.75) is 0 Å². The Morgan fingerprint density at radius 1 is 1.64 bits per heavy atom. The number of hydrogen-bond donors (Lipinski definition) is 1. The summed E-state index contributed by atoms with van der Waals surface area (Å²) in [4.78, 5) is 10.7. The predicted octanol–water partition coefficient (Wildman–Crippen LogP) is -0.0668. The Bertz CT molecular complexity index is 355. The summed E-state index contributed by atoms with van der Waals surface area (Å²) in [5.41, 5.74) is 0.230. The smallest absolute Gasteiger partial charge is 0.325 e. The number of carbonyl (C=O) groups excluding carboxylic acids is 1. The third-order valence-corrected chi connectivity index (χ3v) is 1.42. The molecule has 1 rings (SSSR count). The second-order valence-electron chi connectivity index (χ2n) is 2.35. The second kappa shape index (κ2) is 4.77. The van der Waals surface area contributed by atoms with E-state index in [4.69, 9.17) is 5.26 Å². The van der Waals surface area contributed by atoms with Crippen LogP contribution in [0.25, 0.3) is 0 Å². The van der Waals surface area contributed by atoms with Crippen molar-refractivity contribution >= 4 is 11.8 Å². The van der Waals surface area contributed by atoms with Crippen molar-refractivity contribution < 1.29 is 9.53 Å². The van der Waals surface area contributed by atoms with Gasteiger partial charge in [0.25, 0.3) is 0 Å². The highest BCUT2D eigenvalue weighted by atomic mass is 16.5. The van der Waals surface area contributed by atoms with E-state index in [9.17, 15) is 4.79 Å². The van der Waals surface area contributed by atoms with Gasteiger partial charge in [0.15, 0.2) is 5.69 Å². The lowest BCUT2D eigenvalue weighted by atomic mass is 10.4. The molecule has 0 atom stereocenters. The number of rotatable bonds is 3. The molecule has 0 fully saturated rings. The van der Waals surface area contributed by atoms with Gasteiger partial charge in [-0.15, -0.1) is 10.2 Å². The van der Waals surface area contributed by atoms with Crippen molar-refractivity contribution in [1.29, 1.82) is 5.26 Å². The highest BCUT2D eigenvalue weighted by molar-refractivity contribution is 5.74. The van der Waals surface area contributed by atoms with Crippen LogP contribution in [0.3, 0.4) is 0 Å². The number of aromatic nitrogens is 2. The zero-order valence-electron chi connectivity index (χ0n) is 7.52. The third kappa shape index (κ3) is 2.71. The van der Waals surface area contributed by atoms with Gasteiger partial charge < -0.3 is 10.1 Å². The zero-order valence-corrected chi connectivity index (χ0v) is 7.52. The predicted molar refractivity (Wildman–Crippen MR) is 47.3 cm³/mol. The fraction of sp³-hybridized carbons (Fsp3) is 0.250. The lowest BCUT2D eigenvalue weighted by molar-refractivity contribution is -0.138. The van der Waals surface area contributed by atoms with E-state index in [1.165, 1.54) is 13.2 Å². The number of esters is 1. The van der Waals surface area contributed by atoms with Crippen LogP contribution in [0.1, 0.15) is 5.69 Å². The molecular formula is C8H8N4O2. The molecule has 0 saturated heterocycles. The van der Waals surface area contributed by atoms with Gasteiger partial charge in [-0.05, 0) is 12.1 Å². The highest BCUT2D eigenvalue weighted by Crippen LogP contribution is 2.00. The minimum absolute atomic E-state index is 0.0249. The fourth-order valence-corrected chi connectivity index (χ4v) is 0.721. The molecule has 0 aliphatic carbocycles. The van der Waals surface area contributed by atoms with E-state index in [1.807, 2.05) is 6.07 Å². The van der Waals surface area contributed by atoms with E-state index >= 15 is 0 Å². The molecule has 0 aliphatic heterocycles. The summed E-state index contributed by atoms with van der Waals surface area (Å²) in [7, 11) is 1.30. The van der Waals surface area contributed by atoms with Crippen LogP contribution in [-0.2, 0) is 9.53 Å². The van der Waals surface area contributed by atoms with Crippen LogP contribution in [0.5, 0.6) is 0 Å². The summed E-state index contributed by atoms with van der Waals surface area (Å²) < 4.78 is 4.41. The molecule has 1 aromatic heterocycles. The Labute approximate surface area is 80.5 Å². The van der Waals surface area contributed by atoms with Crippen molar-refractivity contribution in [3.63, 3.8) is 0 Å². The van der Waals surface area contributed by atoms with Crippen molar-refractivity contribution in [2.24, 2.45) is 0 Å². The molecule has 0 spiro atoms. The molecule has 1 N–H and O–H groups in total. The monoisotopic (exact) mass is 192 g/mol. The Kier molecular flexibility index (Phi) is 3.38. The van der Waals surface area contributed by atoms with Gasteiger partial charge in [0.2, 0.25) is 0 Å². The molecule has 0 saturated carbocycles. The van der Waals surface area contributed by atoms with Gasteiger partial charge in [-0.3, -0.25) is 4.79 Å². The molecule has 14 heavy (non-hydrogen) atoms. The maximum absolute atomic E-state index is 10.7. The second-order valence-corrected chi connectivity index (χ2v) is 2.35. The number of nitrogens with one attached hydrogen (secondary N) is 1. The van der Waals surface area contributed by atoms with Gasteiger partial charge in [-0.25, -0.2) is 0 Å². The van der Waals surface area contributed by atoms with Crippen LogP contribution < -0.4 is 5.32 Å². The Hall–Kier alpha value is -2.16. The van der Waals surface area contributed by atoms with Gasteiger partial charge >= 0.3 is 5.97 Å². The van der Waals surface area contributed by atoms with Crippen LogP contribution >= 0.6 is 0 Å².